The summed E-state index contributed by atoms with van der Waals surface area (Å²) in [4.78, 5) is 3.94. The van der Waals surface area contributed by atoms with Gasteiger partial charge in [0, 0.05) is 38.2 Å². The lowest BCUT2D eigenvalue weighted by Crippen LogP contribution is -2.14. The molecule has 0 spiro atoms. The summed E-state index contributed by atoms with van der Waals surface area (Å²) in [6.07, 6.45) is 0. The second kappa shape index (κ2) is 6.43. The molecule has 0 saturated heterocycles. The van der Waals surface area contributed by atoms with Crippen molar-refractivity contribution in [2.45, 2.75) is 19.3 Å². The van der Waals surface area contributed by atoms with Crippen LogP contribution in [0.3, 0.4) is 0 Å². The first-order valence-corrected chi connectivity index (χ1v) is 12.3. The van der Waals surface area contributed by atoms with Crippen LogP contribution in [0, 0.1) is 0 Å². The first-order valence-electron chi connectivity index (χ1n) is 12.3. The van der Waals surface area contributed by atoms with E-state index < -0.39 is 0 Å². The Morgan fingerprint density at radius 2 is 1.29 bits per heavy atom. The molecule has 2 heteroatoms. The quantitative estimate of drug-likeness (QED) is 0.259. The van der Waals surface area contributed by atoms with Crippen LogP contribution in [0.5, 0.6) is 0 Å². The van der Waals surface area contributed by atoms with Crippen LogP contribution >= 0.6 is 0 Å². The van der Waals surface area contributed by atoms with Crippen molar-refractivity contribution in [2.24, 2.45) is 0 Å². The van der Waals surface area contributed by atoms with E-state index in [1.54, 1.807) is 0 Å². The molecule has 1 aliphatic rings. The molecule has 0 radical (unpaired) electrons. The fourth-order valence-corrected chi connectivity index (χ4v) is 6.54. The smallest absolute Gasteiger partial charge is 0.0566 e. The van der Waals surface area contributed by atoms with Crippen LogP contribution in [-0.2, 0) is 5.41 Å². The van der Waals surface area contributed by atoms with E-state index in [2.05, 4.69) is 127 Å². The fourth-order valence-electron chi connectivity index (χ4n) is 6.54. The van der Waals surface area contributed by atoms with Gasteiger partial charge < -0.3 is 9.55 Å². The SMILES string of the molecule is CC1(C)c2ccccc2-c2c1ccc1c2[nH]c2c1ccc1c2c2ccccc2n1-c1ccccc1. The van der Waals surface area contributed by atoms with E-state index in [-0.39, 0.29) is 5.41 Å². The molecule has 0 saturated carbocycles. The standard InChI is InChI=1S/C33H24N2/c1-33(2)25-14-8-6-12-23(25)29-26(33)18-16-21-22-17-19-28-30(32(22)34-31(21)29)24-13-7-9-15-27(24)35(28)20-10-4-3-5-11-20/h3-19,34H,1-2H3. The van der Waals surface area contributed by atoms with Crippen LogP contribution in [-0.4, -0.2) is 9.55 Å². The molecule has 2 aromatic heterocycles. The number of fused-ring (bicyclic) bond motifs is 11. The van der Waals surface area contributed by atoms with E-state index >= 15 is 0 Å². The summed E-state index contributed by atoms with van der Waals surface area (Å²) in [7, 11) is 0. The summed E-state index contributed by atoms with van der Waals surface area (Å²) in [5, 5.41) is 5.15. The van der Waals surface area contributed by atoms with Crippen molar-refractivity contribution in [1.82, 2.24) is 9.55 Å². The zero-order valence-electron chi connectivity index (χ0n) is 19.8. The van der Waals surface area contributed by atoms with Gasteiger partial charge in [0.1, 0.15) is 0 Å². The predicted molar refractivity (Wildman–Crippen MR) is 148 cm³/mol. The third kappa shape index (κ3) is 2.29. The molecule has 5 aromatic carbocycles. The second-order valence-corrected chi connectivity index (χ2v) is 10.3. The van der Waals surface area contributed by atoms with Crippen molar-refractivity contribution in [3.05, 3.63) is 114 Å². The van der Waals surface area contributed by atoms with Crippen LogP contribution in [0.1, 0.15) is 25.0 Å². The number of nitrogens with one attached hydrogen (secondary N) is 1. The van der Waals surface area contributed by atoms with Gasteiger partial charge in [-0.3, -0.25) is 0 Å². The summed E-state index contributed by atoms with van der Waals surface area (Å²) in [5.74, 6) is 0. The lowest BCUT2D eigenvalue weighted by atomic mass is 9.82. The zero-order valence-corrected chi connectivity index (χ0v) is 19.8. The van der Waals surface area contributed by atoms with Gasteiger partial charge in [-0.1, -0.05) is 92.7 Å². The number of H-pyrrole nitrogens is 1. The number of aromatic nitrogens is 2. The van der Waals surface area contributed by atoms with Gasteiger partial charge in [0.2, 0.25) is 0 Å². The van der Waals surface area contributed by atoms with E-state index in [4.69, 9.17) is 0 Å². The maximum Gasteiger partial charge on any atom is 0.0566 e. The van der Waals surface area contributed by atoms with Gasteiger partial charge in [-0.25, -0.2) is 0 Å². The Kier molecular flexibility index (Phi) is 3.50. The van der Waals surface area contributed by atoms with Gasteiger partial charge in [0.05, 0.1) is 22.1 Å². The minimum absolute atomic E-state index is 0.00390. The summed E-state index contributed by atoms with van der Waals surface area (Å²) in [6.45, 7) is 4.69. The van der Waals surface area contributed by atoms with Gasteiger partial charge in [0.25, 0.3) is 0 Å². The summed E-state index contributed by atoms with van der Waals surface area (Å²) >= 11 is 0. The highest BCUT2D eigenvalue weighted by atomic mass is 15.0. The molecule has 0 amide bonds. The van der Waals surface area contributed by atoms with Gasteiger partial charge in [-0.2, -0.15) is 0 Å². The van der Waals surface area contributed by atoms with E-state index in [0.29, 0.717) is 0 Å². The van der Waals surface area contributed by atoms with Crippen LogP contribution in [0.25, 0.3) is 60.4 Å². The predicted octanol–water partition coefficient (Wildman–Crippen LogP) is 8.72. The van der Waals surface area contributed by atoms with Gasteiger partial charge in [-0.15, -0.1) is 0 Å². The molecular formula is C33H24N2. The molecule has 0 atom stereocenters. The Morgan fingerprint density at radius 1 is 0.571 bits per heavy atom. The molecule has 2 heterocycles. The Balaban J connectivity index is 1.56. The highest BCUT2D eigenvalue weighted by Crippen LogP contribution is 2.52. The lowest BCUT2D eigenvalue weighted by Gasteiger charge is -2.21. The topological polar surface area (TPSA) is 20.7 Å². The third-order valence-corrected chi connectivity index (χ3v) is 8.14. The summed E-state index contributed by atoms with van der Waals surface area (Å²) in [6, 6.07) is 37.6. The molecule has 166 valence electrons. The van der Waals surface area contributed by atoms with Crippen molar-refractivity contribution in [2.75, 3.05) is 0 Å². The molecule has 1 N–H and O–H groups in total. The Bertz CT molecular complexity index is 1970. The monoisotopic (exact) mass is 448 g/mol. The van der Waals surface area contributed by atoms with Crippen LogP contribution in [0.4, 0.5) is 0 Å². The van der Waals surface area contributed by atoms with Crippen molar-refractivity contribution in [3.63, 3.8) is 0 Å². The van der Waals surface area contributed by atoms with Crippen LogP contribution in [0.2, 0.25) is 0 Å². The van der Waals surface area contributed by atoms with Crippen LogP contribution < -0.4 is 0 Å². The average Bonchev–Trinajstić information content (AvgIpc) is 3.51. The molecular weight excluding hydrogens is 424 g/mol. The Labute approximate surface area is 203 Å². The highest BCUT2D eigenvalue weighted by molar-refractivity contribution is 6.26. The third-order valence-electron chi connectivity index (χ3n) is 8.14. The van der Waals surface area contributed by atoms with Crippen molar-refractivity contribution in [3.8, 4) is 16.8 Å². The van der Waals surface area contributed by atoms with E-state index in [1.807, 2.05) is 0 Å². The molecule has 0 fully saturated rings. The first kappa shape index (κ1) is 19.1. The molecule has 8 rings (SSSR count). The second-order valence-electron chi connectivity index (χ2n) is 10.3. The number of aromatic amines is 1. The van der Waals surface area contributed by atoms with E-state index in [0.717, 1.165) is 0 Å². The Hall–Kier alpha value is -4.30. The number of nitrogens with zero attached hydrogens (tertiary/aromatic N) is 1. The fraction of sp³-hybridized carbons (Fsp3) is 0.0909. The molecule has 1 aliphatic carbocycles. The van der Waals surface area contributed by atoms with Crippen molar-refractivity contribution in [1.29, 1.82) is 0 Å². The normalized spacial score (nSPS) is 14.2. The maximum absolute atomic E-state index is 3.94. The molecule has 0 aliphatic heterocycles. The molecule has 0 bridgehead atoms. The minimum atomic E-state index is -0.00390. The largest absolute Gasteiger partial charge is 0.353 e. The van der Waals surface area contributed by atoms with Gasteiger partial charge in [-0.05, 0) is 41.0 Å². The minimum Gasteiger partial charge on any atom is -0.353 e. The number of rotatable bonds is 1. The van der Waals surface area contributed by atoms with Crippen molar-refractivity contribution >= 4 is 43.6 Å². The van der Waals surface area contributed by atoms with Gasteiger partial charge >= 0.3 is 0 Å². The van der Waals surface area contributed by atoms with Crippen molar-refractivity contribution < 1.29 is 0 Å². The highest BCUT2D eigenvalue weighted by Gasteiger charge is 2.36. The molecule has 2 nitrogen and oxygen atoms in total. The lowest BCUT2D eigenvalue weighted by molar-refractivity contribution is 0.661. The number of hydrogen-bond donors (Lipinski definition) is 1. The average molecular weight is 449 g/mol. The zero-order chi connectivity index (χ0) is 23.3. The Morgan fingerprint density at radius 3 is 2.17 bits per heavy atom. The first-order chi connectivity index (χ1) is 17.1. The van der Waals surface area contributed by atoms with E-state index in [1.165, 1.54) is 71.6 Å². The summed E-state index contributed by atoms with van der Waals surface area (Å²) < 4.78 is 2.39. The molecule has 7 aromatic rings. The summed E-state index contributed by atoms with van der Waals surface area (Å²) in [5.41, 5.74) is 11.6. The van der Waals surface area contributed by atoms with Crippen LogP contribution in [0.15, 0.2) is 103 Å². The maximum atomic E-state index is 3.94. The number of benzene rings is 5. The van der Waals surface area contributed by atoms with Gasteiger partial charge in [0.15, 0.2) is 0 Å². The van der Waals surface area contributed by atoms with E-state index in [9.17, 15) is 0 Å². The number of hydrogen-bond acceptors (Lipinski definition) is 0. The molecule has 35 heavy (non-hydrogen) atoms. The number of para-hydroxylation sites is 2. The molecule has 0 unspecified atom stereocenters.